The van der Waals surface area contributed by atoms with E-state index >= 15 is 0 Å². The Morgan fingerprint density at radius 2 is 2.06 bits per heavy atom. The van der Waals surface area contributed by atoms with E-state index in [0.29, 0.717) is 13.1 Å². The Kier molecular flexibility index (Phi) is 5.70. The molecule has 1 rings (SSSR count). The van der Waals surface area contributed by atoms with Crippen molar-refractivity contribution in [2.75, 3.05) is 20.1 Å². The van der Waals surface area contributed by atoms with Gasteiger partial charge in [0.15, 0.2) is 0 Å². The summed E-state index contributed by atoms with van der Waals surface area (Å²) in [4.78, 5) is 13.6. The van der Waals surface area contributed by atoms with Gasteiger partial charge in [0.2, 0.25) is 5.91 Å². The number of likely N-dealkylation sites (N-methyl/N-ethyl adjacent to an activating group) is 1. The number of carbonyl (C=O) groups excluding carboxylic acids is 1. The molecule has 0 aliphatic heterocycles. The molecule has 0 saturated heterocycles. The van der Waals surface area contributed by atoms with Crippen molar-refractivity contribution < 1.29 is 4.79 Å². The fraction of sp³-hybridized carbons (Fsp3) is 0.500. The highest BCUT2D eigenvalue weighted by Gasteiger charge is 2.09. The van der Waals surface area contributed by atoms with Gasteiger partial charge in [-0.05, 0) is 31.0 Å². The SMILES string of the molecule is CCCNCC(=O)N(C)Cc1ccccc1C. The lowest BCUT2D eigenvalue weighted by Crippen LogP contribution is -2.35. The summed E-state index contributed by atoms with van der Waals surface area (Å²) in [5.41, 5.74) is 2.44. The third-order valence-electron chi connectivity index (χ3n) is 2.80. The summed E-state index contributed by atoms with van der Waals surface area (Å²) in [5, 5.41) is 3.12. The van der Waals surface area contributed by atoms with Crippen LogP contribution in [-0.2, 0) is 11.3 Å². The molecule has 0 fully saturated rings. The molecule has 0 saturated carbocycles. The predicted octanol–water partition coefficient (Wildman–Crippen LogP) is 1.95. The molecule has 1 N–H and O–H groups in total. The van der Waals surface area contributed by atoms with Gasteiger partial charge in [-0.1, -0.05) is 31.2 Å². The van der Waals surface area contributed by atoms with Crippen molar-refractivity contribution in [3.05, 3.63) is 35.4 Å². The molecule has 0 atom stereocenters. The van der Waals surface area contributed by atoms with Gasteiger partial charge in [-0.2, -0.15) is 0 Å². The minimum absolute atomic E-state index is 0.140. The number of carbonyl (C=O) groups is 1. The van der Waals surface area contributed by atoms with Crippen LogP contribution in [0.1, 0.15) is 24.5 Å². The molecule has 0 unspecified atom stereocenters. The van der Waals surface area contributed by atoms with Crippen molar-refractivity contribution in [2.24, 2.45) is 0 Å². The Labute approximate surface area is 104 Å². The lowest BCUT2D eigenvalue weighted by molar-refractivity contribution is -0.129. The maximum atomic E-state index is 11.8. The van der Waals surface area contributed by atoms with Crippen LogP contribution in [0.5, 0.6) is 0 Å². The van der Waals surface area contributed by atoms with Crippen molar-refractivity contribution in [3.63, 3.8) is 0 Å². The van der Waals surface area contributed by atoms with E-state index in [1.54, 1.807) is 4.90 Å². The Balaban J connectivity index is 2.46. The van der Waals surface area contributed by atoms with Crippen molar-refractivity contribution in [1.29, 1.82) is 0 Å². The largest absolute Gasteiger partial charge is 0.340 e. The summed E-state index contributed by atoms with van der Waals surface area (Å²) in [5.74, 6) is 0.140. The summed E-state index contributed by atoms with van der Waals surface area (Å²) < 4.78 is 0. The Hall–Kier alpha value is -1.35. The molecule has 17 heavy (non-hydrogen) atoms. The minimum Gasteiger partial charge on any atom is -0.340 e. The molecule has 0 aliphatic carbocycles. The van der Waals surface area contributed by atoms with E-state index in [-0.39, 0.29) is 5.91 Å². The fourth-order valence-corrected chi connectivity index (χ4v) is 1.64. The molecule has 1 amide bonds. The number of nitrogens with zero attached hydrogens (tertiary/aromatic N) is 1. The van der Waals surface area contributed by atoms with Gasteiger partial charge in [-0.25, -0.2) is 0 Å². The van der Waals surface area contributed by atoms with E-state index in [1.807, 2.05) is 19.2 Å². The average Bonchev–Trinajstić information content (AvgIpc) is 2.32. The van der Waals surface area contributed by atoms with Crippen molar-refractivity contribution in [2.45, 2.75) is 26.8 Å². The quantitative estimate of drug-likeness (QED) is 0.763. The summed E-state index contributed by atoms with van der Waals surface area (Å²) in [6.45, 7) is 6.16. The van der Waals surface area contributed by atoms with Crippen LogP contribution in [0.15, 0.2) is 24.3 Å². The Morgan fingerprint density at radius 3 is 2.71 bits per heavy atom. The first-order valence-corrected chi connectivity index (χ1v) is 6.14. The number of hydrogen-bond acceptors (Lipinski definition) is 2. The molecule has 0 heterocycles. The van der Waals surface area contributed by atoms with E-state index in [9.17, 15) is 4.79 Å². The van der Waals surface area contributed by atoms with Crippen molar-refractivity contribution >= 4 is 5.91 Å². The van der Waals surface area contributed by atoms with E-state index < -0.39 is 0 Å². The molecular formula is C14H22N2O. The van der Waals surface area contributed by atoms with Gasteiger partial charge in [0.05, 0.1) is 6.54 Å². The number of rotatable bonds is 6. The van der Waals surface area contributed by atoms with Crippen LogP contribution < -0.4 is 5.32 Å². The maximum Gasteiger partial charge on any atom is 0.236 e. The minimum atomic E-state index is 0.140. The molecule has 0 aromatic heterocycles. The van der Waals surface area contributed by atoms with Crippen LogP contribution in [0.3, 0.4) is 0 Å². The third kappa shape index (κ3) is 4.57. The smallest absolute Gasteiger partial charge is 0.236 e. The van der Waals surface area contributed by atoms with Gasteiger partial charge in [0.25, 0.3) is 0 Å². The maximum absolute atomic E-state index is 11.8. The second-order valence-electron chi connectivity index (χ2n) is 4.35. The summed E-state index contributed by atoms with van der Waals surface area (Å²) >= 11 is 0. The number of nitrogens with one attached hydrogen (secondary N) is 1. The molecule has 0 spiro atoms. The normalized spacial score (nSPS) is 10.3. The van der Waals surface area contributed by atoms with Crippen LogP contribution >= 0.6 is 0 Å². The lowest BCUT2D eigenvalue weighted by Gasteiger charge is -2.18. The highest BCUT2D eigenvalue weighted by molar-refractivity contribution is 5.77. The summed E-state index contributed by atoms with van der Waals surface area (Å²) in [6, 6.07) is 8.17. The van der Waals surface area contributed by atoms with E-state index in [0.717, 1.165) is 13.0 Å². The highest BCUT2D eigenvalue weighted by atomic mass is 16.2. The zero-order valence-corrected chi connectivity index (χ0v) is 11.0. The Morgan fingerprint density at radius 1 is 1.35 bits per heavy atom. The number of amides is 1. The van der Waals surface area contributed by atoms with Crippen LogP contribution in [0.25, 0.3) is 0 Å². The first kappa shape index (κ1) is 13.7. The lowest BCUT2D eigenvalue weighted by atomic mass is 10.1. The third-order valence-corrected chi connectivity index (χ3v) is 2.80. The molecule has 0 radical (unpaired) electrons. The highest BCUT2D eigenvalue weighted by Crippen LogP contribution is 2.09. The van der Waals surface area contributed by atoms with Crippen LogP contribution in [0.4, 0.5) is 0 Å². The molecule has 94 valence electrons. The topological polar surface area (TPSA) is 32.3 Å². The van der Waals surface area contributed by atoms with Crippen molar-refractivity contribution in [3.8, 4) is 0 Å². The fourth-order valence-electron chi connectivity index (χ4n) is 1.64. The van der Waals surface area contributed by atoms with E-state index in [4.69, 9.17) is 0 Å². The van der Waals surface area contributed by atoms with Gasteiger partial charge in [0, 0.05) is 13.6 Å². The standard InChI is InChI=1S/C14H22N2O/c1-4-9-15-10-14(17)16(3)11-13-8-6-5-7-12(13)2/h5-8,15H,4,9-11H2,1-3H3. The van der Waals surface area contributed by atoms with Gasteiger partial charge >= 0.3 is 0 Å². The van der Waals surface area contributed by atoms with Gasteiger partial charge in [-0.3, -0.25) is 4.79 Å². The predicted molar refractivity (Wildman–Crippen MR) is 70.8 cm³/mol. The van der Waals surface area contributed by atoms with Gasteiger partial charge in [0.1, 0.15) is 0 Å². The first-order chi connectivity index (χ1) is 8.15. The molecule has 3 heteroatoms. The van der Waals surface area contributed by atoms with Crippen LogP contribution in [0, 0.1) is 6.92 Å². The molecule has 1 aromatic rings. The Bertz CT molecular complexity index is 363. The number of benzene rings is 1. The van der Waals surface area contributed by atoms with Crippen molar-refractivity contribution in [1.82, 2.24) is 10.2 Å². The average molecular weight is 234 g/mol. The summed E-state index contributed by atoms with van der Waals surface area (Å²) in [7, 11) is 1.85. The van der Waals surface area contributed by atoms with Gasteiger partial charge < -0.3 is 10.2 Å². The molecule has 1 aromatic carbocycles. The monoisotopic (exact) mass is 234 g/mol. The van der Waals surface area contributed by atoms with E-state index in [2.05, 4.69) is 31.3 Å². The molecule has 3 nitrogen and oxygen atoms in total. The first-order valence-electron chi connectivity index (χ1n) is 6.14. The van der Waals surface area contributed by atoms with Crippen LogP contribution in [-0.4, -0.2) is 30.9 Å². The zero-order chi connectivity index (χ0) is 12.7. The molecule has 0 bridgehead atoms. The van der Waals surface area contributed by atoms with E-state index in [1.165, 1.54) is 11.1 Å². The van der Waals surface area contributed by atoms with Crippen LogP contribution in [0.2, 0.25) is 0 Å². The summed E-state index contributed by atoms with van der Waals surface area (Å²) in [6.07, 6.45) is 1.05. The molecular weight excluding hydrogens is 212 g/mol. The second-order valence-corrected chi connectivity index (χ2v) is 4.35. The number of aryl methyl sites for hydroxylation is 1. The second kappa shape index (κ2) is 7.07. The zero-order valence-electron chi connectivity index (χ0n) is 11.0. The number of hydrogen-bond donors (Lipinski definition) is 1. The molecule has 0 aliphatic rings. The van der Waals surface area contributed by atoms with Gasteiger partial charge in [-0.15, -0.1) is 0 Å².